The first-order chi connectivity index (χ1) is 9.35. The predicted molar refractivity (Wildman–Crippen MR) is 70.3 cm³/mol. The third kappa shape index (κ3) is 4.48. The number of hydrogen-bond acceptors (Lipinski definition) is 4. The van der Waals surface area contributed by atoms with Crippen LogP contribution in [0.5, 0.6) is 0 Å². The van der Waals surface area contributed by atoms with Crippen molar-refractivity contribution in [2.75, 3.05) is 13.1 Å². The van der Waals surface area contributed by atoms with E-state index in [-0.39, 0.29) is 18.2 Å². The standard InChI is InChI=1S/C9H13FN2O2.C4H8O2/c1-6-3-8-5-11(4-6)9(13)12(8)14-7(2)10;1-4(2)6-3-5/h3,7-8H,4-5H2,1-2H3;3-4H,1-2H3. The molecular formula is C13H21FN2O4. The maximum atomic E-state index is 12.6. The van der Waals surface area contributed by atoms with Gasteiger partial charge in [-0.15, -0.1) is 0 Å². The third-order valence-corrected chi connectivity index (χ3v) is 2.67. The molecule has 2 heterocycles. The predicted octanol–water partition coefficient (Wildman–Crippen LogP) is 1.87. The van der Waals surface area contributed by atoms with E-state index in [9.17, 15) is 14.0 Å². The number of alkyl halides is 1. The molecule has 1 saturated heterocycles. The molecule has 0 spiro atoms. The minimum absolute atomic E-state index is 0.0301. The molecule has 6 nitrogen and oxygen atoms in total. The van der Waals surface area contributed by atoms with Gasteiger partial charge in [-0.05, 0) is 27.7 Å². The Morgan fingerprint density at radius 1 is 1.45 bits per heavy atom. The number of nitrogens with zero attached hydrogens (tertiary/aromatic N) is 2. The normalized spacial score (nSPS) is 22.2. The maximum Gasteiger partial charge on any atom is 0.345 e. The van der Waals surface area contributed by atoms with Gasteiger partial charge in [0.15, 0.2) is 0 Å². The Labute approximate surface area is 118 Å². The molecule has 0 aromatic rings. The average Bonchev–Trinajstić information content (AvgIpc) is 2.53. The largest absolute Gasteiger partial charge is 0.465 e. The molecule has 2 rings (SSSR count). The Morgan fingerprint density at radius 2 is 2.10 bits per heavy atom. The van der Waals surface area contributed by atoms with Crippen molar-refractivity contribution >= 4 is 12.5 Å². The van der Waals surface area contributed by atoms with E-state index in [1.54, 1.807) is 18.7 Å². The summed E-state index contributed by atoms with van der Waals surface area (Å²) in [6.07, 6.45) is 0.528. The number of hydrogen-bond donors (Lipinski definition) is 0. The molecule has 2 unspecified atom stereocenters. The van der Waals surface area contributed by atoms with Gasteiger partial charge in [-0.3, -0.25) is 4.79 Å². The molecule has 2 amide bonds. The number of halogens is 1. The van der Waals surface area contributed by atoms with Crippen molar-refractivity contribution < 1.29 is 23.6 Å². The number of rotatable bonds is 4. The molecular weight excluding hydrogens is 267 g/mol. The van der Waals surface area contributed by atoms with E-state index in [1.165, 1.54) is 6.92 Å². The molecule has 20 heavy (non-hydrogen) atoms. The summed E-state index contributed by atoms with van der Waals surface area (Å²) < 4.78 is 17.0. The molecule has 2 aliphatic heterocycles. The molecule has 0 N–H and O–H groups in total. The van der Waals surface area contributed by atoms with Crippen molar-refractivity contribution in [3.8, 4) is 0 Å². The summed E-state index contributed by atoms with van der Waals surface area (Å²) in [6.45, 7) is 8.49. The first-order valence-electron chi connectivity index (χ1n) is 6.50. The van der Waals surface area contributed by atoms with Gasteiger partial charge in [-0.25, -0.2) is 14.0 Å². The highest BCUT2D eigenvalue weighted by molar-refractivity contribution is 5.77. The zero-order valence-electron chi connectivity index (χ0n) is 12.2. The van der Waals surface area contributed by atoms with Gasteiger partial charge >= 0.3 is 6.03 Å². The third-order valence-electron chi connectivity index (χ3n) is 2.67. The van der Waals surface area contributed by atoms with E-state index >= 15 is 0 Å². The number of hydroxylamine groups is 2. The van der Waals surface area contributed by atoms with Crippen molar-refractivity contribution in [3.05, 3.63) is 11.6 Å². The minimum Gasteiger partial charge on any atom is -0.465 e. The highest BCUT2D eigenvalue weighted by Crippen LogP contribution is 2.25. The Hall–Kier alpha value is -1.63. The molecule has 2 aliphatic rings. The second kappa shape index (κ2) is 7.23. The Balaban J connectivity index is 0.000000286. The molecule has 7 heteroatoms. The van der Waals surface area contributed by atoms with Crippen LogP contribution < -0.4 is 0 Å². The van der Waals surface area contributed by atoms with Crippen LogP contribution in [0.25, 0.3) is 0 Å². The quantitative estimate of drug-likeness (QED) is 0.585. The summed E-state index contributed by atoms with van der Waals surface area (Å²) in [5.74, 6) is 0. The fraction of sp³-hybridized carbons (Fsp3) is 0.692. The molecule has 0 radical (unpaired) electrons. The summed E-state index contributed by atoms with van der Waals surface area (Å²) in [5, 5.41) is 1.13. The monoisotopic (exact) mass is 288 g/mol. The van der Waals surface area contributed by atoms with Crippen molar-refractivity contribution in [1.29, 1.82) is 0 Å². The summed E-state index contributed by atoms with van der Waals surface area (Å²) >= 11 is 0. The van der Waals surface area contributed by atoms with Crippen molar-refractivity contribution in [1.82, 2.24) is 9.96 Å². The van der Waals surface area contributed by atoms with Crippen LogP contribution in [-0.4, -0.2) is 54.1 Å². The Kier molecular flexibility index (Phi) is 5.94. The van der Waals surface area contributed by atoms with Gasteiger partial charge in [-0.1, -0.05) is 11.6 Å². The summed E-state index contributed by atoms with van der Waals surface area (Å²) in [5.41, 5.74) is 1.12. The van der Waals surface area contributed by atoms with Gasteiger partial charge in [0.05, 0.1) is 12.1 Å². The molecule has 1 fully saturated rings. The lowest BCUT2D eigenvalue weighted by Gasteiger charge is -2.20. The van der Waals surface area contributed by atoms with Gasteiger partial charge in [0, 0.05) is 13.1 Å². The van der Waals surface area contributed by atoms with Crippen LogP contribution in [-0.2, 0) is 14.4 Å². The maximum absolute atomic E-state index is 12.6. The number of urea groups is 1. The summed E-state index contributed by atoms with van der Waals surface area (Å²) in [4.78, 5) is 27.5. The summed E-state index contributed by atoms with van der Waals surface area (Å²) in [7, 11) is 0. The number of ether oxygens (including phenoxy) is 1. The van der Waals surface area contributed by atoms with E-state index in [4.69, 9.17) is 4.84 Å². The van der Waals surface area contributed by atoms with E-state index in [0.29, 0.717) is 19.6 Å². The van der Waals surface area contributed by atoms with Crippen molar-refractivity contribution in [2.24, 2.45) is 0 Å². The molecule has 0 aliphatic carbocycles. The SMILES string of the molecule is CC(C)OC=O.CC1=CC2CN(C1)C(=O)N2OC(C)F. The van der Waals surface area contributed by atoms with Gasteiger partial charge < -0.3 is 9.64 Å². The molecule has 0 saturated carbocycles. The van der Waals surface area contributed by atoms with E-state index in [1.807, 2.05) is 13.0 Å². The highest BCUT2D eigenvalue weighted by atomic mass is 19.1. The lowest BCUT2D eigenvalue weighted by Crippen LogP contribution is -2.34. The van der Waals surface area contributed by atoms with Crippen LogP contribution >= 0.6 is 0 Å². The second-order valence-electron chi connectivity index (χ2n) is 5.00. The van der Waals surface area contributed by atoms with Crippen LogP contribution in [0.2, 0.25) is 0 Å². The van der Waals surface area contributed by atoms with Crippen LogP contribution in [0, 0.1) is 0 Å². The Morgan fingerprint density at radius 3 is 2.55 bits per heavy atom. The zero-order valence-corrected chi connectivity index (χ0v) is 12.2. The minimum atomic E-state index is -1.45. The van der Waals surface area contributed by atoms with Gasteiger partial charge in [0.1, 0.15) is 0 Å². The van der Waals surface area contributed by atoms with Crippen molar-refractivity contribution in [2.45, 2.75) is 46.2 Å². The topological polar surface area (TPSA) is 59.1 Å². The second-order valence-corrected chi connectivity index (χ2v) is 5.00. The highest BCUT2D eigenvalue weighted by Gasteiger charge is 2.40. The first kappa shape index (κ1) is 16.4. The van der Waals surface area contributed by atoms with Gasteiger partial charge in [0.2, 0.25) is 6.36 Å². The van der Waals surface area contributed by atoms with E-state index < -0.39 is 6.36 Å². The van der Waals surface area contributed by atoms with Gasteiger partial charge in [0.25, 0.3) is 6.47 Å². The molecule has 2 atom stereocenters. The van der Waals surface area contributed by atoms with Crippen molar-refractivity contribution in [3.63, 3.8) is 0 Å². The van der Waals surface area contributed by atoms with E-state index in [0.717, 1.165) is 10.6 Å². The number of fused-ring (bicyclic) bond motifs is 2. The van der Waals surface area contributed by atoms with Crippen LogP contribution in [0.4, 0.5) is 9.18 Å². The lowest BCUT2D eigenvalue weighted by molar-refractivity contribution is -0.199. The average molecular weight is 288 g/mol. The molecule has 0 aromatic heterocycles. The summed E-state index contributed by atoms with van der Waals surface area (Å²) in [6, 6.07) is -0.373. The Bertz CT molecular complexity index is 385. The van der Waals surface area contributed by atoms with Crippen LogP contribution in [0.3, 0.4) is 0 Å². The number of carbonyl (C=O) groups is 2. The number of amides is 2. The fourth-order valence-electron chi connectivity index (χ4n) is 1.98. The van der Waals surface area contributed by atoms with Gasteiger partial charge in [-0.2, -0.15) is 5.06 Å². The fourth-order valence-corrected chi connectivity index (χ4v) is 1.98. The zero-order chi connectivity index (χ0) is 15.3. The van der Waals surface area contributed by atoms with E-state index in [2.05, 4.69) is 4.74 Å². The van der Waals surface area contributed by atoms with Crippen LogP contribution in [0.15, 0.2) is 11.6 Å². The first-order valence-corrected chi connectivity index (χ1v) is 6.50. The number of carbonyl (C=O) groups excluding carboxylic acids is 2. The van der Waals surface area contributed by atoms with Crippen LogP contribution in [0.1, 0.15) is 27.7 Å². The molecule has 2 bridgehead atoms. The molecule has 0 aromatic carbocycles. The molecule has 114 valence electrons. The smallest absolute Gasteiger partial charge is 0.345 e. The lowest BCUT2D eigenvalue weighted by atomic mass is 10.1.